The van der Waals surface area contributed by atoms with E-state index >= 15 is 0 Å². The van der Waals surface area contributed by atoms with Crippen LogP contribution in [0.1, 0.15) is 38.5 Å². The Kier molecular flexibility index (Phi) is 2.12. The van der Waals surface area contributed by atoms with Gasteiger partial charge in [-0.3, -0.25) is 0 Å². The monoisotopic (exact) mass is 128 g/mol. The van der Waals surface area contributed by atoms with Gasteiger partial charge in [0.2, 0.25) is 0 Å². The Morgan fingerprint density at radius 1 is 0.556 bits per heavy atom. The van der Waals surface area contributed by atoms with Crippen LogP contribution in [-0.4, -0.2) is 5.48 Å². The molecule has 0 aromatic rings. The lowest BCUT2D eigenvalue weighted by molar-refractivity contribution is 0.176. The molecule has 0 heterocycles. The quantitative estimate of drug-likeness (QED) is 0.476. The van der Waals surface area contributed by atoms with Crippen molar-refractivity contribution < 1.29 is 5.48 Å². The zero-order valence-electron chi connectivity index (χ0n) is 5.90. The molecule has 0 atom stereocenters. The van der Waals surface area contributed by atoms with Crippen molar-refractivity contribution in [1.29, 1.82) is 0 Å². The summed E-state index contributed by atoms with van der Waals surface area (Å²) >= 11 is 0. The van der Waals surface area contributed by atoms with Gasteiger partial charge < -0.3 is 5.48 Å². The summed E-state index contributed by atoms with van der Waals surface area (Å²) in [5.41, 5.74) is 0. The molecule has 2 bridgehead atoms. The molecule has 0 aromatic heterocycles. The van der Waals surface area contributed by atoms with Gasteiger partial charge in [0, 0.05) is 0 Å². The van der Waals surface area contributed by atoms with E-state index in [0.717, 1.165) is 11.8 Å². The molecule has 2 N–H and O–H groups in total. The predicted octanol–water partition coefficient (Wildman–Crippen LogP) is 1.76. The Hall–Kier alpha value is -0.0400. The standard InChI is InChI=1S/C8H14.H2O/c1-2-8-5-3-7(1)4-6-8;/h7-8H,1-6H2;1H2. The van der Waals surface area contributed by atoms with Crippen LogP contribution in [-0.2, 0) is 0 Å². The summed E-state index contributed by atoms with van der Waals surface area (Å²) in [5, 5.41) is 0. The second-order valence-corrected chi connectivity index (χ2v) is 3.46. The lowest BCUT2D eigenvalue weighted by atomic mass is 9.71. The van der Waals surface area contributed by atoms with Gasteiger partial charge in [0.05, 0.1) is 0 Å². The van der Waals surface area contributed by atoms with Crippen molar-refractivity contribution >= 4 is 0 Å². The van der Waals surface area contributed by atoms with Crippen molar-refractivity contribution in [2.45, 2.75) is 38.5 Å². The fourth-order valence-electron chi connectivity index (χ4n) is 2.28. The minimum absolute atomic E-state index is 0. The normalized spacial score (nSPS) is 40.0. The van der Waals surface area contributed by atoms with Crippen molar-refractivity contribution in [3.8, 4) is 0 Å². The molecular formula is C8H16O. The van der Waals surface area contributed by atoms with Crippen molar-refractivity contribution in [2.24, 2.45) is 11.8 Å². The Labute approximate surface area is 56.8 Å². The van der Waals surface area contributed by atoms with E-state index in [2.05, 4.69) is 0 Å². The molecule has 1 heteroatoms. The van der Waals surface area contributed by atoms with Crippen LogP contribution >= 0.6 is 0 Å². The van der Waals surface area contributed by atoms with Gasteiger partial charge in [-0.05, 0) is 11.8 Å². The number of hydrogen-bond acceptors (Lipinski definition) is 0. The topological polar surface area (TPSA) is 31.5 Å². The molecule has 3 fully saturated rings. The molecule has 54 valence electrons. The highest BCUT2D eigenvalue weighted by molar-refractivity contribution is 4.79. The van der Waals surface area contributed by atoms with Gasteiger partial charge in [0.15, 0.2) is 0 Å². The molecule has 0 radical (unpaired) electrons. The van der Waals surface area contributed by atoms with Crippen molar-refractivity contribution in [2.75, 3.05) is 0 Å². The van der Waals surface area contributed by atoms with E-state index in [-0.39, 0.29) is 5.48 Å². The summed E-state index contributed by atoms with van der Waals surface area (Å²) in [6.07, 6.45) is 9.36. The van der Waals surface area contributed by atoms with Gasteiger partial charge in [0.1, 0.15) is 0 Å². The van der Waals surface area contributed by atoms with Gasteiger partial charge >= 0.3 is 0 Å². The van der Waals surface area contributed by atoms with E-state index < -0.39 is 0 Å². The average Bonchev–Trinajstić information content (AvgIpc) is 1.92. The van der Waals surface area contributed by atoms with E-state index in [0.29, 0.717) is 0 Å². The second-order valence-electron chi connectivity index (χ2n) is 3.46. The minimum Gasteiger partial charge on any atom is -0.412 e. The fourth-order valence-corrected chi connectivity index (χ4v) is 2.28. The molecule has 3 aliphatic carbocycles. The predicted molar refractivity (Wildman–Crippen MR) is 38.3 cm³/mol. The van der Waals surface area contributed by atoms with Crippen molar-refractivity contribution in [1.82, 2.24) is 0 Å². The van der Waals surface area contributed by atoms with E-state index in [1.54, 1.807) is 38.5 Å². The van der Waals surface area contributed by atoms with E-state index in [4.69, 9.17) is 0 Å². The summed E-state index contributed by atoms with van der Waals surface area (Å²) in [5.74, 6) is 2.31. The molecule has 0 saturated heterocycles. The highest BCUT2D eigenvalue weighted by Gasteiger charge is 2.26. The largest absolute Gasteiger partial charge is 0.412 e. The van der Waals surface area contributed by atoms with E-state index in [9.17, 15) is 0 Å². The molecule has 0 aliphatic heterocycles. The molecule has 0 amide bonds. The molecule has 1 nitrogen and oxygen atoms in total. The van der Waals surface area contributed by atoms with Crippen LogP contribution in [0.2, 0.25) is 0 Å². The zero-order chi connectivity index (χ0) is 5.40. The molecule has 9 heavy (non-hydrogen) atoms. The van der Waals surface area contributed by atoms with Gasteiger partial charge in [-0.25, -0.2) is 0 Å². The van der Waals surface area contributed by atoms with Gasteiger partial charge in [-0.2, -0.15) is 0 Å². The maximum absolute atomic E-state index is 1.56. The summed E-state index contributed by atoms with van der Waals surface area (Å²) in [6.45, 7) is 0. The first kappa shape index (κ1) is 7.07. The Balaban J connectivity index is 0.000000405. The lowest BCUT2D eigenvalue weighted by Crippen LogP contribution is -2.21. The first-order chi connectivity index (χ1) is 3.95. The van der Waals surface area contributed by atoms with Gasteiger partial charge in [0.25, 0.3) is 0 Å². The maximum atomic E-state index is 1.56. The van der Waals surface area contributed by atoms with Gasteiger partial charge in [-0.1, -0.05) is 38.5 Å². The molecule has 0 aromatic carbocycles. The van der Waals surface area contributed by atoms with Crippen LogP contribution < -0.4 is 0 Å². The third kappa shape index (κ3) is 1.26. The highest BCUT2D eigenvalue weighted by Crippen LogP contribution is 2.40. The van der Waals surface area contributed by atoms with Crippen molar-refractivity contribution in [3.05, 3.63) is 0 Å². The minimum atomic E-state index is 0. The first-order valence-electron chi connectivity index (χ1n) is 3.95. The summed E-state index contributed by atoms with van der Waals surface area (Å²) < 4.78 is 0. The Morgan fingerprint density at radius 3 is 0.889 bits per heavy atom. The maximum Gasteiger partial charge on any atom is -0.0414 e. The molecular weight excluding hydrogens is 112 g/mol. The van der Waals surface area contributed by atoms with Crippen LogP contribution in [0.3, 0.4) is 0 Å². The summed E-state index contributed by atoms with van der Waals surface area (Å²) in [7, 11) is 0. The zero-order valence-corrected chi connectivity index (χ0v) is 5.90. The van der Waals surface area contributed by atoms with E-state index in [1.807, 2.05) is 0 Å². The Morgan fingerprint density at radius 2 is 0.778 bits per heavy atom. The second kappa shape index (κ2) is 2.70. The highest BCUT2D eigenvalue weighted by atomic mass is 16.0. The summed E-state index contributed by atoms with van der Waals surface area (Å²) in [6, 6.07) is 0. The summed E-state index contributed by atoms with van der Waals surface area (Å²) in [4.78, 5) is 0. The van der Waals surface area contributed by atoms with Crippen LogP contribution in [0.5, 0.6) is 0 Å². The van der Waals surface area contributed by atoms with E-state index in [1.165, 1.54) is 0 Å². The third-order valence-corrected chi connectivity index (χ3v) is 2.95. The first-order valence-corrected chi connectivity index (χ1v) is 3.95. The third-order valence-electron chi connectivity index (χ3n) is 2.95. The van der Waals surface area contributed by atoms with Crippen LogP contribution in [0.15, 0.2) is 0 Å². The molecule has 3 rings (SSSR count). The lowest BCUT2D eigenvalue weighted by Gasteiger charge is -2.35. The molecule has 3 aliphatic rings. The number of rotatable bonds is 0. The molecule has 0 unspecified atom stereocenters. The fraction of sp³-hybridized carbons (Fsp3) is 1.00. The number of fused-ring (bicyclic) bond motifs is 3. The van der Waals surface area contributed by atoms with Crippen LogP contribution in [0, 0.1) is 11.8 Å². The Bertz CT molecular complexity index is 59.5. The SMILES string of the molecule is C1CC2CCC1CC2.O. The van der Waals surface area contributed by atoms with Crippen LogP contribution in [0.25, 0.3) is 0 Å². The van der Waals surface area contributed by atoms with Crippen LogP contribution in [0.4, 0.5) is 0 Å². The van der Waals surface area contributed by atoms with Gasteiger partial charge in [-0.15, -0.1) is 0 Å². The molecule has 3 saturated carbocycles. The average molecular weight is 128 g/mol. The number of hydrogen-bond donors (Lipinski definition) is 0. The van der Waals surface area contributed by atoms with Crippen molar-refractivity contribution in [3.63, 3.8) is 0 Å². The smallest absolute Gasteiger partial charge is 0.0414 e. The molecule has 0 spiro atoms.